The molecule has 2 aromatic carbocycles. The van der Waals surface area contributed by atoms with E-state index in [-0.39, 0.29) is 12.5 Å². The third-order valence-electron chi connectivity index (χ3n) is 2.64. The lowest BCUT2D eigenvalue weighted by molar-refractivity contribution is -0.118. The van der Waals surface area contributed by atoms with E-state index in [0.29, 0.717) is 5.75 Å². The first-order chi connectivity index (χ1) is 9.54. The molecule has 0 radical (unpaired) electrons. The van der Waals surface area contributed by atoms with Crippen molar-refractivity contribution < 1.29 is 9.53 Å². The summed E-state index contributed by atoms with van der Waals surface area (Å²) in [6.45, 7) is 1.92. The summed E-state index contributed by atoms with van der Waals surface area (Å²) in [5.74, 6) is 0.511. The first-order valence-electron chi connectivity index (χ1n) is 5.99. The van der Waals surface area contributed by atoms with Crippen molar-refractivity contribution in [1.29, 1.82) is 0 Å². The van der Waals surface area contributed by atoms with Crippen LogP contribution in [0, 0.1) is 6.92 Å². The third kappa shape index (κ3) is 4.35. The van der Waals surface area contributed by atoms with Crippen molar-refractivity contribution in [3.05, 3.63) is 57.0 Å². The second-order valence-electron chi connectivity index (χ2n) is 4.25. The van der Waals surface area contributed by atoms with Gasteiger partial charge in [-0.05, 0) is 48.9 Å². The second-order valence-corrected chi connectivity index (χ2v) is 6.08. The van der Waals surface area contributed by atoms with Crippen molar-refractivity contribution in [1.82, 2.24) is 0 Å². The van der Waals surface area contributed by atoms with Crippen LogP contribution in [0.1, 0.15) is 5.56 Å². The monoisotopic (exact) mass is 397 g/mol. The predicted molar refractivity (Wildman–Crippen MR) is 87.1 cm³/mol. The molecule has 0 aromatic heterocycles. The Morgan fingerprint density at radius 3 is 2.45 bits per heavy atom. The van der Waals surface area contributed by atoms with Gasteiger partial charge in [0.2, 0.25) is 0 Å². The normalized spacial score (nSPS) is 10.2. The maximum Gasteiger partial charge on any atom is 0.262 e. The highest BCUT2D eigenvalue weighted by atomic mass is 79.9. The Morgan fingerprint density at radius 1 is 1.10 bits per heavy atom. The predicted octanol–water partition coefficient (Wildman–Crippen LogP) is 4.54. The van der Waals surface area contributed by atoms with E-state index in [1.165, 1.54) is 0 Å². The van der Waals surface area contributed by atoms with Crippen LogP contribution >= 0.6 is 31.9 Å². The minimum absolute atomic E-state index is 0.0205. The molecule has 0 bridgehead atoms. The number of aryl methyl sites for hydroxylation is 1. The lowest BCUT2D eigenvalue weighted by Gasteiger charge is -2.10. The average Bonchev–Trinajstić information content (AvgIpc) is 2.42. The minimum atomic E-state index is -0.188. The van der Waals surface area contributed by atoms with E-state index in [1.54, 1.807) is 0 Å². The summed E-state index contributed by atoms with van der Waals surface area (Å²) in [4.78, 5) is 11.8. The van der Waals surface area contributed by atoms with Crippen molar-refractivity contribution in [2.75, 3.05) is 11.9 Å². The standard InChI is InChI=1S/C15H13Br2NO2/c1-10-2-3-12(17)8-14(10)20-9-15(19)18-13-6-4-11(16)5-7-13/h2-8H,9H2,1H3,(H,18,19). The highest BCUT2D eigenvalue weighted by molar-refractivity contribution is 9.10. The Bertz CT molecular complexity index is 612. The quantitative estimate of drug-likeness (QED) is 0.821. The number of rotatable bonds is 4. The van der Waals surface area contributed by atoms with Crippen LogP contribution in [0.15, 0.2) is 51.4 Å². The van der Waals surface area contributed by atoms with Crippen molar-refractivity contribution in [3.63, 3.8) is 0 Å². The van der Waals surface area contributed by atoms with E-state index in [4.69, 9.17) is 4.74 Å². The van der Waals surface area contributed by atoms with Gasteiger partial charge in [0, 0.05) is 14.6 Å². The van der Waals surface area contributed by atoms with Gasteiger partial charge in [0.25, 0.3) is 5.91 Å². The zero-order valence-corrected chi connectivity index (χ0v) is 14.0. The van der Waals surface area contributed by atoms with E-state index < -0.39 is 0 Å². The van der Waals surface area contributed by atoms with E-state index in [9.17, 15) is 4.79 Å². The van der Waals surface area contributed by atoms with E-state index in [2.05, 4.69) is 37.2 Å². The molecule has 5 heteroatoms. The van der Waals surface area contributed by atoms with E-state index in [1.807, 2.05) is 49.4 Å². The average molecular weight is 399 g/mol. The summed E-state index contributed by atoms with van der Waals surface area (Å²) in [7, 11) is 0. The van der Waals surface area contributed by atoms with Crippen LogP contribution in [0.5, 0.6) is 5.75 Å². The van der Waals surface area contributed by atoms with Crippen LogP contribution in [0.4, 0.5) is 5.69 Å². The maximum atomic E-state index is 11.8. The van der Waals surface area contributed by atoms with Crippen molar-refractivity contribution in [2.45, 2.75) is 6.92 Å². The number of amides is 1. The van der Waals surface area contributed by atoms with Crippen LogP contribution in [0.2, 0.25) is 0 Å². The van der Waals surface area contributed by atoms with Gasteiger partial charge in [0.1, 0.15) is 5.75 Å². The molecule has 0 saturated heterocycles. The molecule has 2 aromatic rings. The number of nitrogens with one attached hydrogen (secondary N) is 1. The smallest absolute Gasteiger partial charge is 0.262 e. The first-order valence-corrected chi connectivity index (χ1v) is 7.57. The molecule has 0 unspecified atom stereocenters. The molecule has 1 amide bonds. The maximum absolute atomic E-state index is 11.8. The zero-order valence-electron chi connectivity index (χ0n) is 10.8. The Labute approximate surface area is 134 Å². The Hall–Kier alpha value is -1.33. The van der Waals surface area contributed by atoms with Crippen LogP contribution in [0.25, 0.3) is 0 Å². The number of anilines is 1. The summed E-state index contributed by atoms with van der Waals surface area (Å²) in [5, 5.41) is 2.78. The number of halogens is 2. The molecule has 0 aliphatic heterocycles. The molecule has 20 heavy (non-hydrogen) atoms. The Balaban J connectivity index is 1.92. The number of ether oxygens (including phenoxy) is 1. The van der Waals surface area contributed by atoms with Gasteiger partial charge in [-0.3, -0.25) is 4.79 Å². The molecule has 2 rings (SSSR count). The van der Waals surface area contributed by atoms with Gasteiger partial charge < -0.3 is 10.1 Å². The SMILES string of the molecule is Cc1ccc(Br)cc1OCC(=O)Nc1ccc(Br)cc1. The number of carbonyl (C=O) groups is 1. The van der Waals surface area contributed by atoms with E-state index in [0.717, 1.165) is 20.2 Å². The molecule has 0 fully saturated rings. The fourth-order valence-corrected chi connectivity index (χ4v) is 2.21. The molecule has 0 heterocycles. The lowest BCUT2D eigenvalue weighted by atomic mass is 10.2. The summed E-state index contributed by atoms with van der Waals surface area (Å²) in [6, 6.07) is 13.1. The number of benzene rings is 2. The van der Waals surface area contributed by atoms with Crippen LogP contribution < -0.4 is 10.1 Å². The van der Waals surface area contributed by atoms with Gasteiger partial charge in [-0.15, -0.1) is 0 Å². The number of hydrogen-bond acceptors (Lipinski definition) is 2. The Morgan fingerprint density at radius 2 is 1.75 bits per heavy atom. The number of carbonyl (C=O) groups excluding carboxylic acids is 1. The molecule has 0 aliphatic rings. The topological polar surface area (TPSA) is 38.3 Å². The van der Waals surface area contributed by atoms with Gasteiger partial charge in [0.05, 0.1) is 0 Å². The second kappa shape index (κ2) is 6.90. The molecule has 0 spiro atoms. The van der Waals surface area contributed by atoms with Crippen LogP contribution in [0.3, 0.4) is 0 Å². The molecule has 0 aliphatic carbocycles. The third-order valence-corrected chi connectivity index (χ3v) is 3.66. The molecule has 0 atom stereocenters. The van der Waals surface area contributed by atoms with Crippen molar-refractivity contribution >= 4 is 43.5 Å². The fourth-order valence-electron chi connectivity index (χ4n) is 1.60. The molecule has 104 valence electrons. The number of hydrogen-bond donors (Lipinski definition) is 1. The molecule has 1 N–H and O–H groups in total. The van der Waals surface area contributed by atoms with Crippen molar-refractivity contribution in [3.8, 4) is 5.75 Å². The molecule has 3 nitrogen and oxygen atoms in total. The van der Waals surface area contributed by atoms with Crippen LogP contribution in [-0.2, 0) is 4.79 Å². The van der Waals surface area contributed by atoms with Crippen LogP contribution in [-0.4, -0.2) is 12.5 Å². The summed E-state index contributed by atoms with van der Waals surface area (Å²) in [5.41, 5.74) is 1.73. The molecule has 0 saturated carbocycles. The van der Waals surface area contributed by atoms with Gasteiger partial charge in [-0.1, -0.05) is 37.9 Å². The zero-order chi connectivity index (χ0) is 14.5. The lowest BCUT2D eigenvalue weighted by Crippen LogP contribution is -2.20. The Kier molecular flexibility index (Phi) is 5.20. The highest BCUT2D eigenvalue weighted by Gasteiger charge is 2.06. The van der Waals surface area contributed by atoms with Gasteiger partial charge in [0.15, 0.2) is 6.61 Å². The highest BCUT2D eigenvalue weighted by Crippen LogP contribution is 2.22. The largest absolute Gasteiger partial charge is 0.483 e. The van der Waals surface area contributed by atoms with Crippen molar-refractivity contribution in [2.24, 2.45) is 0 Å². The summed E-state index contributed by atoms with van der Waals surface area (Å²) in [6.07, 6.45) is 0. The molecular formula is C15H13Br2NO2. The summed E-state index contributed by atoms with van der Waals surface area (Å²) < 4.78 is 7.42. The minimum Gasteiger partial charge on any atom is -0.483 e. The van der Waals surface area contributed by atoms with Gasteiger partial charge in [-0.2, -0.15) is 0 Å². The van der Waals surface area contributed by atoms with E-state index >= 15 is 0 Å². The summed E-state index contributed by atoms with van der Waals surface area (Å²) >= 11 is 6.72. The first kappa shape index (κ1) is 15.1. The van der Waals surface area contributed by atoms with Gasteiger partial charge in [-0.25, -0.2) is 0 Å². The molecular weight excluding hydrogens is 386 g/mol. The van der Waals surface area contributed by atoms with Gasteiger partial charge >= 0.3 is 0 Å². The fraction of sp³-hybridized carbons (Fsp3) is 0.133.